The predicted molar refractivity (Wildman–Crippen MR) is 102 cm³/mol. The van der Waals surface area contributed by atoms with Gasteiger partial charge in [-0.3, -0.25) is 9.67 Å². The van der Waals surface area contributed by atoms with E-state index in [4.69, 9.17) is 0 Å². The SMILES string of the molecule is CCN(CCCNC(=NC)NCCCn1nc(C)cc1C)S(C)(=O)=O. The minimum absolute atomic E-state index is 0.498. The molecule has 8 nitrogen and oxygen atoms in total. The molecule has 1 aromatic rings. The summed E-state index contributed by atoms with van der Waals surface area (Å²) in [5, 5.41) is 10.9. The van der Waals surface area contributed by atoms with Gasteiger partial charge in [0.2, 0.25) is 10.0 Å². The minimum atomic E-state index is -3.12. The van der Waals surface area contributed by atoms with E-state index in [0.717, 1.165) is 37.6 Å². The molecule has 0 saturated heterocycles. The smallest absolute Gasteiger partial charge is 0.211 e. The Morgan fingerprint density at radius 2 is 1.92 bits per heavy atom. The van der Waals surface area contributed by atoms with E-state index < -0.39 is 10.0 Å². The van der Waals surface area contributed by atoms with Crippen molar-refractivity contribution in [2.75, 3.05) is 39.5 Å². The number of aliphatic imine (C=N–C) groups is 1. The lowest BCUT2D eigenvalue weighted by atomic mass is 10.4. The molecular formula is C16H32N6O2S. The molecule has 0 aliphatic rings. The van der Waals surface area contributed by atoms with Crippen LogP contribution in [0.4, 0.5) is 0 Å². The highest BCUT2D eigenvalue weighted by Gasteiger charge is 2.13. The van der Waals surface area contributed by atoms with Gasteiger partial charge >= 0.3 is 0 Å². The summed E-state index contributed by atoms with van der Waals surface area (Å²) in [5.74, 6) is 0.732. The van der Waals surface area contributed by atoms with Gasteiger partial charge in [-0.2, -0.15) is 5.10 Å². The second-order valence-electron chi connectivity index (χ2n) is 6.04. The summed E-state index contributed by atoms with van der Waals surface area (Å²) in [6, 6.07) is 2.07. The molecule has 0 atom stereocenters. The second-order valence-corrected chi connectivity index (χ2v) is 8.02. The van der Waals surface area contributed by atoms with E-state index in [1.54, 1.807) is 7.05 Å². The number of hydrogen-bond acceptors (Lipinski definition) is 4. The fourth-order valence-electron chi connectivity index (χ4n) is 2.58. The van der Waals surface area contributed by atoms with Crippen molar-refractivity contribution in [2.45, 2.75) is 40.2 Å². The first-order valence-corrected chi connectivity index (χ1v) is 10.5. The molecular weight excluding hydrogens is 340 g/mol. The molecule has 0 aliphatic heterocycles. The summed E-state index contributed by atoms with van der Waals surface area (Å²) in [7, 11) is -1.39. The number of nitrogens with zero attached hydrogens (tertiary/aromatic N) is 4. The Morgan fingerprint density at radius 1 is 1.28 bits per heavy atom. The van der Waals surface area contributed by atoms with Crippen molar-refractivity contribution >= 4 is 16.0 Å². The summed E-state index contributed by atoms with van der Waals surface area (Å²) < 4.78 is 26.5. The van der Waals surface area contributed by atoms with Crippen molar-refractivity contribution < 1.29 is 8.42 Å². The Morgan fingerprint density at radius 3 is 2.40 bits per heavy atom. The summed E-state index contributed by atoms with van der Waals surface area (Å²) in [6.07, 6.45) is 2.92. The highest BCUT2D eigenvalue weighted by Crippen LogP contribution is 2.02. The van der Waals surface area contributed by atoms with Gasteiger partial charge in [0.15, 0.2) is 5.96 Å². The highest BCUT2D eigenvalue weighted by atomic mass is 32.2. The maximum atomic E-state index is 11.5. The van der Waals surface area contributed by atoms with Gasteiger partial charge in [-0.05, 0) is 32.8 Å². The number of nitrogens with one attached hydrogen (secondary N) is 2. The first-order chi connectivity index (χ1) is 11.8. The number of aromatic nitrogens is 2. The van der Waals surface area contributed by atoms with Crippen molar-refractivity contribution in [3.8, 4) is 0 Å². The normalized spacial score (nSPS) is 12.6. The summed E-state index contributed by atoms with van der Waals surface area (Å²) >= 11 is 0. The van der Waals surface area contributed by atoms with Gasteiger partial charge in [-0.25, -0.2) is 12.7 Å². The third-order valence-electron chi connectivity index (χ3n) is 3.86. The minimum Gasteiger partial charge on any atom is -0.356 e. The molecule has 1 heterocycles. The van der Waals surface area contributed by atoms with Crippen LogP contribution in [-0.2, 0) is 16.6 Å². The number of aryl methyl sites for hydroxylation is 3. The maximum Gasteiger partial charge on any atom is 0.211 e. The molecule has 2 N–H and O–H groups in total. The molecule has 1 rings (SSSR count). The molecule has 0 aliphatic carbocycles. The van der Waals surface area contributed by atoms with Crippen molar-refractivity contribution in [1.82, 2.24) is 24.7 Å². The fourth-order valence-corrected chi connectivity index (χ4v) is 3.51. The lowest BCUT2D eigenvalue weighted by molar-refractivity contribution is 0.424. The Labute approximate surface area is 151 Å². The van der Waals surface area contributed by atoms with Crippen molar-refractivity contribution in [2.24, 2.45) is 4.99 Å². The number of rotatable bonds is 10. The molecule has 1 aromatic heterocycles. The van der Waals surface area contributed by atoms with Crippen LogP contribution in [0.15, 0.2) is 11.1 Å². The maximum absolute atomic E-state index is 11.5. The van der Waals surface area contributed by atoms with Gasteiger partial charge in [-0.1, -0.05) is 6.92 Å². The van der Waals surface area contributed by atoms with E-state index in [1.807, 2.05) is 18.5 Å². The molecule has 0 amide bonds. The Bertz CT molecular complexity index is 654. The van der Waals surface area contributed by atoms with Gasteiger partial charge in [0.05, 0.1) is 11.9 Å². The largest absolute Gasteiger partial charge is 0.356 e. The van der Waals surface area contributed by atoms with E-state index in [2.05, 4.69) is 33.7 Å². The zero-order valence-electron chi connectivity index (χ0n) is 16.0. The third kappa shape index (κ3) is 7.87. The van der Waals surface area contributed by atoms with Crippen LogP contribution in [-0.4, -0.2) is 67.9 Å². The average molecular weight is 373 g/mol. The third-order valence-corrected chi connectivity index (χ3v) is 5.24. The highest BCUT2D eigenvalue weighted by molar-refractivity contribution is 7.88. The molecule has 9 heteroatoms. The van der Waals surface area contributed by atoms with Crippen LogP contribution >= 0.6 is 0 Å². The quantitative estimate of drug-likeness (QED) is 0.359. The number of hydrogen-bond donors (Lipinski definition) is 2. The van der Waals surface area contributed by atoms with Crippen LogP contribution in [0, 0.1) is 13.8 Å². The van der Waals surface area contributed by atoms with Gasteiger partial charge in [0, 0.05) is 45.5 Å². The van der Waals surface area contributed by atoms with E-state index in [9.17, 15) is 8.42 Å². The predicted octanol–water partition coefficient (Wildman–Crippen LogP) is 0.727. The van der Waals surface area contributed by atoms with Gasteiger partial charge in [0.1, 0.15) is 0 Å². The molecule has 0 spiro atoms. The standard InChI is InChI=1S/C16H32N6O2S/c1-6-21(25(5,23)24)11-7-9-18-16(17-4)19-10-8-12-22-15(3)13-14(2)20-22/h13H,6-12H2,1-5H3,(H2,17,18,19). The Hall–Kier alpha value is -1.61. The van der Waals surface area contributed by atoms with Crippen LogP contribution in [0.1, 0.15) is 31.2 Å². The molecule has 144 valence electrons. The summed E-state index contributed by atoms with van der Waals surface area (Å²) in [4.78, 5) is 4.18. The van der Waals surface area contributed by atoms with Crippen LogP contribution in [0.2, 0.25) is 0 Å². The zero-order chi connectivity index (χ0) is 18.9. The monoisotopic (exact) mass is 372 g/mol. The molecule has 0 aromatic carbocycles. The zero-order valence-corrected chi connectivity index (χ0v) is 16.9. The van der Waals surface area contributed by atoms with Gasteiger partial charge in [-0.15, -0.1) is 0 Å². The fraction of sp³-hybridized carbons (Fsp3) is 0.750. The van der Waals surface area contributed by atoms with Crippen molar-refractivity contribution in [3.05, 3.63) is 17.5 Å². The number of sulfonamides is 1. The average Bonchev–Trinajstić information content (AvgIpc) is 2.85. The van der Waals surface area contributed by atoms with E-state index in [0.29, 0.717) is 19.6 Å². The first kappa shape index (κ1) is 21.4. The number of guanidine groups is 1. The lowest BCUT2D eigenvalue weighted by Crippen LogP contribution is -2.40. The lowest BCUT2D eigenvalue weighted by Gasteiger charge is -2.18. The second kappa shape index (κ2) is 10.4. The van der Waals surface area contributed by atoms with E-state index in [1.165, 1.54) is 16.3 Å². The van der Waals surface area contributed by atoms with E-state index in [-0.39, 0.29) is 0 Å². The van der Waals surface area contributed by atoms with Crippen LogP contribution in [0.25, 0.3) is 0 Å². The Balaban J connectivity index is 2.23. The molecule has 0 radical (unpaired) electrons. The summed E-state index contributed by atoms with van der Waals surface area (Å²) in [6.45, 7) is 9.24. The first-order valence-electron chi connectivity index (χ1n) is 8.68. The molecule has 0 saturated carbocycles. The molecule has 25 heavy (non-hydrogen) atoms. The van der Waals surface area contributed by atoms with Crippen LogP contribution in [0.3, 0.4) is 0 Å². The van der Waals surface area contributed by atoms with Crippen molar-refractivity contribution in [3.63, 3.8) is 0 Å². The van der Waals surface area contributed by atoms with Gasteiger partial charge in [0.25, 0.3) is 0 Å². The van der Waals surface area contributed by atoms with Crippen LogP contribution < -0.4 is 10.6 Å². The van der Waals surface area contributed by atoms with Gasteiger partial charge < -0.3 is 10.6 Å². The molecule has 0 fully saturated rings. The topological polar surface area (TPSA) is 91.6 Å². The molecule has 0 bridgehead atoms. The van der Waals surface area contributed by atoms with Crippen molar-refractivity contribution in [1.29, 1.82) is 0 Å². The van der Waals surface area contributed by atoms with Crippen LogP contribution in [0.5, 0.6) is 0 Å². The Kier molecular flexibility index (Phi) is 8.91. The van der Waals surface area contributed by atoms with E-state index >= 15 is 0 Å². The molecule has 0 unspecified atom stereocenters. The summed E-state index contributed by atoms with van der Waals surface area (Å²) in [5.41, 5.74) is 2.21.